The quantitative estimate of drug-likeness (QED) is 0.797. The monoisotopic (exact) mass is 390 g/mol. The Morgan fingerprint density at radius 2 is 1.65 bits per heavy atom. The maximum Gasteiger partial charge on any atom is 0.418 e. The second-order valence-corrected chi connectivity index (χ2v) is 7.22. The number of carbonyl (C=O) groups is 1. The van der Waals surface area contributed by atoms with Crippen LogP contribution in [0.1, 0.15) is 5.56 Å². The zero-order valence-corrected chi connectivity index (χ0v) is 14.2. The van der Waals surface area contributed by atoms with Gasteiger partial charge in [-0.1, -0.05) is 24.3 Å². The third-order valence-corrected chi connectivity index (χ3v) is 4.44. The number of alkyl halides is 3. The number of sulfonamides is 1. The number of hydrogen-bond acceptors (Lipinski definition) is 3. The number of nitrogens with zero attached hydrogens (tertiary/aromatic N) is 1. The summed E-state index contributed by atoms with van der Waals surface area (Å²) in [6, 6.07) is 9.11. The first kappa shape index (κ1) is 19.7. The van der Waals surface area contributed by atoms with Crippen LogP contribution in [0, 0.1) is 5.82 Å². The van der Waals surface area contributed by atoms with E-state index >= 15 is 0 Å². The minimum absolute atomic E-state index is 0.380. The highest BCUT2D eigenvalue weighted by Crippen LogP contribution is 2.34. The number of halogens is 4. The molecule has 2 aromatic rings. The van der Waals surface area contributed by atoms with Gasteiger partial charge in [-0.2, -0.15) is 13.2 Å². The lowest BCUT2D eigenvalue weighted by Gasteiger charge is -2.22. The Labute approximate surface area is 147 Å². The van der Waals surface area contributed by atoms with E-state index in [-0.39, 0.29) is 5.69 Å². The van der Waals surface area contributed by atoms with Crippen LogP contribution >= 0.6 is 0 Å². The molecule has 0 heterocycles. The molecule has 2 rings (SSSR count). The van der Waals surface area contributed by atoms with Crippen LogP contribution in [0.4, 0.5) is 28.9 Å². The lowest BCUT2D eigenvalue weighted by atomic mass is 10.1. The van der Waals surface area contributed by atoms with Crippen LogP contribution in [-0.2, 0) is 21.0 Å². The molecule has 0 aliphatic carbocycles. The Morgan fingerprint density at radius 3 is 2.23 bits per heavy atom. The average Bonchev–Trinajstić information content (AvgIpc) is 2.52. The van der Waals surface area contributed by atoms with Gasteiger partial charge in [-0.3, -0.25) is 9.10 Å². The highest BCUT2D eigenvalue weighted by Gasteiger charge is 2.34. The predicted octanol–water partition coefficient (Wildman–Crippen LogP) is 3.25. The van der Waals surface area contributed by atoms with Gasteiger partial charge in [-0.15, -0.1) is 0 Å². The molecule has 0 aromatic heterocycles. The summed E-state index contributed by atoms with van der Waals surface area (Å²) >= 11 is 0. The molecule has 0 atom stereocenters. The number of carbonyl (C=O) groups excluding carboxylic acids is 1. The topological polar surface area (TPSA) is 66.5 Å². The third kappa shape index (κ3) is 4.72. The maximum absolute atomic E-state index is 13.9. The predicted molar refractivity (Wildman–Crippen MR) is 88.7 cm³/mol. The molecular formula is C16H14F4N2O3S. The van der Waals surface area contributed by atoms with Gasteiger partial charge in [0.25, 0.3) is 0 Å². The second-order valence-electron chi connectivity index (χ2n) is 5.31. The van der Waals surface area contributed by atoms with E-state index in [2.05, 4.69) is 0 Å². The normalized spacial score (nSPS) is 11.9. The van der Waals surface area contributed by atoms with E-state index in [0.29, 0.717) is 4.31 Å². The van der Waals surface area contributed by atoms with E-state index in [9.17, 15) is 30.8 Å². The summed E-state index contributed by atoms with van der Waals surface area (Å²) in [7, 11) is -4.06. The van der Waals surface area contributed by atoms with Gasteiger partial charge >= 0.3 is 6.18 Å². The van der Waals surface area contributed by atoms with E-state index in [1.807, 2.05) is 5.32 Å². The highest BCUT2D eigenvalue weighted by atomic mass is 32.2. The molecule has 1 amide bonds. The van der Waals surface area contributed by atoms with E-state index in [0.717, 1.165) is 36.6 Å². The molecule has 26 heavy (non-hydrogen) atoms. The van der Waals surface area contributed by atoms with Gasteiger partial charge in [-0.25, -0.2) is 12.8 Å². The molecule has 0 unspecified atom stereocenters. The molecule has 0 fully saturated rings. The van der Waals surface area contributed by atoms with E-state index < -0.39 is 45.7 Å². The van der Waals surface area contributed by atoms with Crippen molar-refractivity contribution in [3.8, 4) is 0 Å². The molecule has 140 valence electrons. The Kier molecular flexibility index (Phi) is 5.55. The number of amides is 1. The van der Waals surface area contributed by atoms with Gasteiger partial charge in [0, 0.05) is 0 Å². The summed E-state index contributed by atoms with van der Waals surface area (Å²) in [4.78, 5) is 12.1. The van der Waals surface area contributed by atoms with Gasteiger partial charge in [0.15, 0.2) is 0 Å². The van der Waals surface area contributed by atoms with Crippen LogP contribution < -0.4 is 9.62 Å². The second kappa shape index (κ2) is 7.32. The molecule has 0 saturated carbocycles. The number of anilines is 2. The summed E-state index contributed by atoms with van der Waals surface area (Å²) in [5.41, 5.74) is -1.98. The van der Waals surface area contributed by atoms with Crippen molar-refractivity contribution >= 4 is 27.3 Å². The Bertz CT molecular complexity index is 914. The summed E-state index contributed by atoms with van der Waals surface area (Å²) in [5.74, 6) is -1.93. The van der Waals surface area contributed by atoms with Crippen molar-refractivity contribution in [1.82, 2.24) is 0 Å². The number of nitrogens with one attached hydrogen (secondary N) is 1. The fourth-order valence-electron chi connectivity index (χ4n) is 2.19. The zero-order valence-electron chi connectivity index (χ0n) is 13.4. The highest BCUT2D eigenvalue weighted by molar-refractivity contribution is 7.92. The van der Waals surface area contributed by atoms with Crippen LogP contribution in [0.25, 0.3) is 0 Å². The minimum atomic E-state index is -4.70. The molecular weight excluding hydrogens is 376 g/mol. The standard InChI is InChI=1S/C16H14F4N2O3S/c1-26(24,25)22(14-9-5-3-7-12(14)17)10-15(23)21-13-8-4-2-6-11(13)16(18,19)20/h2-9H,10H2,1H3,(H,21,23). The van der Waals surface area contributed by atoms with Crippen LogP contribution in [-0.4, -0.2) is 27.1 Å². The molecule has 0 saturated heterocycles. The molecule has 1 N–H and O–H groups in total. The molecule has 0 radical (unpaired) electrons. The van der Waals surface area contributed by atoms with E-state index in [1.165, 1.54) is 18.2 Å². The van der Waals surface area contributed by atoms with Crippen LogP contribution in [0.15, 0.2) is 48.5 Å². The number of rotatable bonds is 5. The Morgan fingerprint density at radius 1 is 1.08 bits per heavy atom. The number of benzene rings is 2. The fraction of sp³-hybridized carbons (Fsp3) is 0.188. The van der Waals surface area contributed by atoms with Crippen molar-refractivity contribution in [2.75, 3.05) is 22.4 Å². The van der Waals surface area contributed by atoms with Gasteiger partial charge in [0.1, 0.15) is 12.4 Å². The largest absolute Gasteiger partial charge is 0.418 e. The zero-order chi connectivity index (χ0) is 19.5. The van der Waals surface area contributed by atoms with Crippen molar-refractivity contribution in [3.63, 3.8) is 0 Å². The van der Waals surface area contributed by atoms with Gasteiger partial charge in [-0.05, 0) is 24.3 Å². The molecule has 0 spiro atoms. The fourth-order valence-corrected chi connectivity index (χ4v) is 3.05. The summed E-state index contributed by atoms with van der Waals surface area (Å²) in [6.07, 6.45) is -3.94. The maximum atomic E-state index is 13.9. The summed E-state index contributed by atoms with van der Waals surface area (Å²) in [5, 5.41) is 2.02. The van der Waals surface area contributed by atoms with Crippen molar-refractivity contribution < 1.29 is 30.8 Å². The van der Waals surface area contributed by atoms with Gasteiger partial charge in [0.05, 0.1) is 23.2 Å². The molecule has 2 aromatic carbocycles. The number of hydrogen-bond donors (Lipinski definition) is 1. The van der Waals surface area contributed by atoms with Crippen molar-refractivity contribution in [1.29, 1.82) is 0 Å². The molecule has 0 aliphatic heterocycles. The third-order valence-electron chi connectivity index (χ3n) is 3.32. The van der Waals surface area contributed by atoms with Crippen LogP contribution in [0.2, 0.25) is 0 Å². The van der Waals surface area contributed by atoms with Crippen molar-refractivity contribution in [2.24, 2.45) is 0 Å². The molecule has 5 nitrogen and oxygen atoms in total. The number of para-hydroxylation sites is 2. The Hall–Kier alpha value is -2.62. The van der Waals surface area contributed by atoms with E-state index in [1.54, 1.807) is 0 Å². The molecule has 10 heteroatoms. The first-order valence-corrected chi connectivity index (χ1v) is 9.03. The summed E-state index contributed by atoms with van der Waals surface area (Å²) < 4.78 is 77.0. The first-order chi connectivity index (χ1) is 12.0. The smallest absolute Gasteiger partial charge is 0.324 e. The van der Waals surface area contributed by atoms with Gasteiger partial charge in [0.2, 0.25) is 15.9 Å². The van der Waals surface area contributed by atoms with Crippen LogP contribution in [0.3, 0.4) is 0 Å². The SMILES string of the molecule is CS(=O)(=O)N(CC(=O)Nc1ccccc1C(F)(F)F)c1ccccc1F. The Balaban J connectivity index is 2.29. The molecule has 0 aliphatic rings. The lowest BCUT2D eigenvalue weighted by molar-refractivity contribution is -0.137. The van der Waals surface area contributed by atoms with E-state index in [4.69, 9.17) is 0 Å². The lowest BCUT2D eigenvalue weighted by Crippen LogP contribution is -2.38. The van der Waals surface area contributed by atoms with Gasteiger partial charge < -0.3 is 5.32 Å². The average molecular weight is 390 g/mol. The van der Waals surface area contributed by atoms with Crippen molar-refractivity contribution in [2.45, 2.75) is 6.18 Å². The summed E-state index contributed by atoms with van der Waals surface area (Å²) in [6.45, 7) is -0.883. The van der Waals surface area contributed by atoms with Crippen LogP contribution in [0.5, 0.6) is 0 Å². The molecule has 0 bridgehead atoms. The minimum Gasteiger partial charge on any atom is -0.324 e. The van der Waals surface area contributed by atoms with Crippen molar-refractivity contribution in [3.05, 3.63) is 59.9 Å². The first-order valence-electron chi connectivity index (χ1n) is 7.18.